The van der Waals surface area contributed by atoms with Crippen LogP contribution in [0.3, 0.4) is 0 Å². The summed E-state index contributed by atoms with van der Waals surface area (Å²) in [7, 11) is 0. The number of aliphatic hydroxyl groups excluding tert-OH is 1. The quantitative estimate of drug-likeness (QED) is 0.672. The molecule has 0 aliphatic carbocycles. The Labute approximate surface area is 83.6 Å². The highest BCUT2D eigenvalue weighted by Crippen LogP contribution is 2.13. The Morgan fingerprint density at radius 2 is 2.64 bits per heavy atom. The largest absolute Gasteiger partial charge is 0.394 e. The number of aliphatic hydroxyl groups is 1. The van der Waals surface area contributed by atoms with Crippen LogP contribution in [0, 0.1) is 6.07 Å². The summed E-state index contributed by atoms with van der Waals surface area (Å²) in [5, 5.41) is 12.5. The lowest BCUT2D eigenvalue weighted by atomic mass is 10.2. The van der Waals surface area contributed by atoms with Crippen LogP contribution in [-0.2, 0) is 0 Å². The molecule has 1 atom stereocenters. The van der Waals surface area contributed by atoms with Crippen LogP contribution in [0.4, 0.5) is 5.82 Å². The molecular weight excluding hydrogens is 178 g/mol. The molecule has 75 valence electrons. The van der Waals surface area contributed by atoms with Gasteiger partial charge >= 0.3 is 0 Å². The summed E-state index contributed by atoms with van der Waals surface area (Å²) in [5.41, 5.74) is 0. The molecule has 0 amide bonds. The maximum absolute atomic E-state index is 9.21. The van der Waals surface area contributed by atoms with Gasteiger partial charge in [0, 0.05) is 31.9 Å². The van der Waals surface area contributed by atoms with Gasteiger partial charge in [-0.1, -0.05) is 0 Å². The van der Waals surface area contributed by atoms with E-state index in [1.807, 2.05) is 12.1 Å². The number of hydrogen-bond acceptors (Lipinski definition) is 4. The zero-order valence-electron chi connectivity index (χ0n) is 7.98. The van der Waals surface area contributed by atoms with Crippen LogP contribution >= 0.6 is 0 Å². The van der Waals surface area contributed by atoms with Crippen molar-refractivity contribution in [2.24, 2.45) is 0 Å². The van der Waals surface area contributed by atoms with Crippen LogP contribution in [0.25, 0.3) is 0 Å². The fraction of sp³-hybridized carbons (Fsp3) is 0.500. The molecule has 1 aliphatic heterocycles. The van der Waals surface area contributed by atoms with E-state index in [0.717, 1.165) is 25.5 Å². The number of anilines is 1. The number of pyridine rings is 1. The lowest BCUT2D eigenvalue weighted by Gasteiger charge is -2.35. The van der Waals surface area contributed by atoms with Crippen molar-refractivity contribution in [2.45, 2.75) is 6.04 Å². The predicted octanol–water partition coefficient (Wildman–Crippen LogP) is -0.348. The Kier molecular flexibility index (Phi) is 2.96. The summed E-state index contributed by atoms with van der Waals surface area (Å²) in [6.07, 6.45) is 1.66. The fourth-order valence-electron chi connectivity index (χ4n) is 1.71. The molecule has 1 radical (unpaired) electrons. The minimum Gasteiger partial charge on any atom is -0.394 e. The van der Waals surface area contributed by atoms with Crippen molar-refractivity contribution in [3.63, 3.8) is 0 Å². The van der Waals surface area contributed by atoms with E-state index in [9.17, 15) is 5.11 Å². The van der Waals surface area contributed by atoms with Gasteiger partial charge in [-0.25, -0.2) is 4.98 Å². The Morgan fingerprint density at radius 1 is 1.71 bits per heavy atom. The van der Waals surface area contributed by atoms with E-state index in [4.69, 9.17) is 0 Å². The van der Waals surface area contributed by atoms with E-state index in [-0.39, 0.29) is 12.6 Å². The molecule has 1 aromatic heterocycles. The molecule has 1 fully saturated rings. The minimum atomic E-state index is 0.138. The van der Waals surface area contributed by atoms with Gasteiger partial charge in [0.05, 0.1) is 12.6 Å². The van der Waals surface area contributed by atoms with E-state index in [0.29, 0.717) is 0 Å². The summed E-state index contributed by atoms with van der Waals surface area (Å²) in [6, 6.07) is 6.80. The van der Waals surface area contributed by atoms with E-state index in [1.165, 1.54) is 0 Å². The van der Waals surface area contributed by atoms with Gasteiger partial charge in [0.1, 0.15) is 5.82 Å². The molecule has 14 heavy (non-hydrogen) atoms. The first-order valence-electron chi connectivity index (χ1n) is 4.82. The molecule has 0 spiro atoms. The summed E-state index contributed by atoms with van der Waals surface area (Å²) in [4.78, 5) is 6.36. The van der Waals surface area contributed by atoms with Gasteiger partial charge in [-0.05, 0) is 12.1 Å². The molecule has 2 heterocycles. The maximum Gasteiger partial charge on any atom is 0.128 e. The van der Waals surface area contributed by atoms with Gasteiger partial charge in [-0.15, -0.1) is 0 Å². The molecule has 0 unspecified atom stereocenters. The number of nitrogens with zero attached hydrogens (tertiary/aromatic N) is 2. The molecular formula is C10H14N3O. The van der Waals surface area contributed by atoms with Crippen molar-refractivity contribution in [1.29, 1.82) is 0 Å². The first kappa shape index (κ1) is 9.43. The van der Waals surface area contributed by atoms with Gasteiger partial charge in [0.25, 0.3) is 0 Å². The maximum atomic E-state index is 9.21. The SMILES string of the molecule is OC[C@H]1CNCCN1c1cc[c]cn1. The van der Waals surface area contributed by atoms with Crippen molar-refractivity contribution >= 4 is 5.82 Å². The molecule has 1 aromatic rings. The zero-order valence-corrected chi connectivity index (χ0v) is 7.98. The highest BCUT2D eigenvalue weighted by atomic mass is 16.3. The number of aromatic nitrogens is 1. The van der Waals surface area contributed by atoms with Gasteiger partial charge in [-0.3, -0.25) is 0 Å². The summed E-state index contributed by atoms with van der Waals surface area (Å²) in [6.45, 7) is 2.81. The summed E-state index contributed by atoms with van der Waals surface area (Å²) < 4.78 is 0. The van der Waals surface area contributed by atoms with Crippen LogP contribution < -0.4 is 10.2 Å². The fourth-order valence-corrected chi connectivity index (χ4v) is 1.71. The standard InChI is InChI=1S/C10H14N3O/c14-8-9-7-11-5-6-13(9)10-3-1-2-4-12-10/h1,3-4,9,11,14H,5-8H2/t9-/m1/s1. The van der Waals surface area contributed by atoms with Gasteiger partial charge in [-0.2, -0.15) is 0 Å². The molecule has 1 aliphatic rings. The third-order valence-electron chi connectivity index (χ3n) is 2.46. The number of hydrogen-bond donors (Lipinski definition) is 2. The second-order valence-electron chi connectivity index (χ2n) is 3.35. The highest BCUT2D eigenvalue weighted by Gasteiger charge is 2.21. The molecule has 2 N–H and O–H groups in total. The average Bonchev–Trinajstić information content (AvgIpc) is 2.30. The van der Waals surface area contributed by atoms with E-state index < -0.39 is 0 Å². The third kappa shape index (κ3) is 1.86. The van der Waals surface area contributed by atoms with Crippen molar-refractivity contribution < 1.29 is 5.11 Å². The van der Waals surface area contributed by atoms with E-state index in [1.54, 1.807) is 6.20 Å². The topological polar surface area (TPSA) is 48.4 Å². The summed E-state index contributed by atoms with van der Waals surface area (Å²) >= 11 is 0. The van der Waals surface area contributed by atoms with Gasteiger partial charge in [0.15, 0.2) is 0 Å². The van der Waals surface area contributed by atoms with Crippen molar-refractivity contribution in [2.75, 3.05) is 31.1 Å². The van der Waals surface area contributed by atoms with Gasteiger partial charge in [0.2, 0.25) is 0 Å². The Hall–Kier alpha value is -1.13. The second-order valence-corrected chi connectivity index (χ2v) is 3.35. The van der Waals surface area contributed by atoms with Crippen LogP contribution in [0.1, 0.15) is 0 Å². The zero-order chi connectivity index (χ0) is 9.80. The number of rotatable bonds is 2. The molecule has 0 bridgehead atoms. The van der Waals surface area contributed by atoms with Crippen molar-refractivity contribution in [1.82, 2.24) is 10.3 Å². The highest BCUT2D eigenvalue weighted by molar-refractivity contribution is 5.39. The summed E-state index contributed by atoms with van der Waals surface area (Å²) in [5.74, 6) is 0.921. The third-order valence-corrected chi connectivity index (χ3v) is 2.46. The lowest BCUT2D eigenvalue weighted by molar-refractivity contribution is 0.246. The first-order valence-corrected chi connectivity index (χ1v) is 4.82. The Balaban J connectivity index is 2.15. The normalized spacial score (nSPS) is 22.4. The van der Waals surface area contributed by atoms with E-state index in [2.05, 4.69) is 21.3 Å². The predicted molar refractivity (Wildman–Crippen MR) is 54.2 cm³/mol. The molecule has 2 rings (SSSR count). The Bertz CT molecular complexity index is 278. The molecule has 1 saturated heterocycles. The van der Waals surface area contributed by atoms with Crippen LogP contribution in [0.2, 0.25) is 0 Å². The second kappa shape index (κ2) is 4.39. The van der Waals surface area contributed by atoms with Gasteiger partial charge < -0.3 is 15.3 Å². The molecule has 0 saturated carbocycles. The minimum absolute atomic E-state index is 0.138. The number of piperazine rings is 1. The monoisotopic (exact) mass is 192 g/mol. The van der Waals surface area contributed by atoms with Crippen LogP contribution in [0.15, 0.2) is 18.3 Å². The lowest BCUT2D eigenvalue weighted by Crippen LogP contribution is -2.53. The molecule has 4 heteroatoms. The molecule has 0 aromatic carbocycles. The van der Waals surface area contributed by atoms with Crippen LogP contribution in [0.5, 0.6) is 0 Å². The average molecular weight is 192 g/mol. The smallest absolute Gasteiger partial charge is 0.128 e. The van der Waals surface area contributed by atoms with Crippen LogP contribution in [-0.4, -0.2) is 42.4 Å². The first-order chi connectivity index (χ1) is 6.92. The van der Waals surface area contributed by atoms with Crippen molar-refractivity contribution in [3.8, 4) is 0 Å². The Morgan fingerprint density at radius 3 is 3.36 bits per heavy atom. The number of nitrogens with one attached hydrogen (secondary N) is 1. The molecule has 4 nitrogen and oxygen atoms in total. The van der Waals surface area contributed by atoms with Crippen molar-refractivity contribution in [3.05, 3.63) is 24.4 Å². The van der Waals surface area contributed by atoms with E-state index >= 15 is 0 Å².